The van der Waals surface area contributed by atoms with E-state index >= 15 is 0 Å². The van der Waals surface area contributed by atoms with Crippen molar-refractivity contribution in [2.24, 2.45) is 5.92 Å². The minimum absolute atomic E-state index is 0.199. The van der Waals surface area contributed by atoms with E-state index in [0.717, 1.165) is 11.3 Å². The summed E-state index contributed by atoms with van der Waals surface area (Å²) in [5, 5.41) is 3.24. The molecule has 0 amide bonds. The zero-order valence-electron chi connectivity index (χ0n) is 16.4. The first-order valence-corrected chi connectivity index (χ1v) is 9.12. The predicted octanol–water partition coefficient (Wildman–Crippen LogP) is 2.02. The maximum Gasteiger partial charge on any atom is 0.335 e. The summed E-state index contributed by atoms with van der Waals surface area (Å²) >= 11 is 0. The standard InChI is InChI=1S/C20H24N2O6/c1-5-27-20(25)17-15-8-12(19(24)26-4)10-22(3)18(15)14-9-13(28-11(2)23)6-7-16(14)21-17/h6-7,9-10,15,17-18,21H,5,8H2,1-4H3/t15-,17+,18+/m0/s1. The van der Waals surface area contributed by atoms with Crippen LogP contribution in [0.5, 0.6) is 5.75 Å². The van der Waals surface area contributed by atoms with E-state index in [1.807, 2.05) is 11.9 Å². The molecule has 2 heterocycles. The van der Waals surface area contributed by atoms with E-state index in [4.69, 9.17) is 14.2 Å². The van der Waals surface area contributed by atoms with E-state index < -0.39 is 18.0 Å². The molecule has 8 heteroatoms. The number of carbonyl (C=O) groups excluding carboxylic acids is 3. The number of nitrogens with one attached hydrogen (secondary N) is 1. The van der Waals surface area contributed by atoms with Crippen molar-refractivity contribution in [3.63, 3.8) is 0 Å². The SMILES string of the molecule is CCOC(=O)[C@@H]1Nc2ccc(OC(C)=O)cc2[C@@H]2[C@H]1CC(C(=O)OC)=CN2C. The van der Waals surface area contributed by atoms with Gasteiger partial charge >= 0.3 is 17.9 Å². The molecule has 1 aromatic rings. The highest BCUT2D eigenvalue weighted by atomic mass is 16.5. The van der Waals surface area contributed by atoms with E-state index in [1.54, 1.807) is 31.3 Å². The van der Waals surface area contributed by atoms with Crippen LogP contribution in [0.15, 0.2) is 30.0 Å². The Kier molecular flexibility index (Phi) is 5.58. The molecule has 1 aromatic carbocycles. The summed E-state index contributed by atoms with van der Waals surface area (Å²) in [7, 11) is 3.17. The number of ether oxygens (including phenoxy) is 3. The van der Waals surface area contributed by atoms with Crippen molar-refractivity contribution in [3.05, 3.63) is 35.5 Å². The van der Waals surface area contributed by atoms with Gasteiger partial charge in [0.1, 0.15) is 11.8 Å². The van der Waals surface area contributed by atoms with Crippen LogP contribution in [-0.2, 0) is 23.9 Å². The van der Waals surface area contributed by atoms with E-state index in [2.05, 4.69) is 5.32 Å². The normalized spacial score (nSPS) is 22.8. The fourth-order valence-corrected chi connectivity index (χ4v) is 3.95. The zero-order chi connectivity index (χ0) is 20.4. The molecule has 0 fully saturated rings. The predicted molar refractivity (Wildman–Crippen MR) is 101 cm³/mol. The van der Waals surface area contributed by atoms with Gasteiger partial charge in [-0.1, -0.05) is 0 Å². The lowest BCUT2D eigenvalue weighted by Gasteiger charge is -2.46. The number of hydrogen-bond donors (Lipinski definition) is 1. The van der Waals surface area contributed by atoms with Gasteiger partial charge in [0.05, 0.1) is 25.3 Å². The van der Waals surface area contributed by atoms with Crippen LogP contribution < -0.4 is 10.1 Å². The fraction of sp³-hybridized carbons (Fsp3) is 0.450. The highest BCUT2D eigenvalue weighted by Gasteiger charge is 2.45. The molecule has 0 bridgehead atoms. The number of anilines is 1. The molecule has 2 aliphatic rings. The topological polar surface area (TPSA) is 94.2 Å². The number of rotatable bonds is 4. The van der Waals surface area contributed by atoms with Gasteiger partial charge in [0, 0.05) is 37.3 Å². The van der Waals surface area contributed by atoms with Gasteiger partial charge < -0.3 is 24.4 Å². The number of hydrogen-bond acceptors (Lipinski definition) is 8. The molecule has 0 aromatic heterocycles. The van der Waals surface area contributed by atoms with E-state index in [0.29, 0.717) is 17.7 Å². The second-order valence-electron chi connectivity index (χ2n) is 6.84. The van der Waals surface area contributed by atoms with Gasteiger partial charge in [-0.15, -0.1) is 0 Å². The highest BCUT2D eigenvalue weighted by molar-refractivity contribution is 5.89. The van der Waals surface area contributed by atoms with Crippen molar-refractivity contribution in [1.29, 1.82) is 0 Å². The molecular formula is C20H24N2O6. The van der Waals surface area contributed by atoms with Crippen LogP contribution in [0.3, 0.4) is 0 Å². The Morgan fingerprint density at radius 1 is 1.29 bits per heavy atom. The maximum absolute atomic E-state index is 12.6. The Balaban J connectivity index is 2.05. The molecule has 0 unspecified atom stereocenters. The first kappa shape index (κ1) is 19.7. The van der Waals surface area contributed by atoms with Gasteiger partial charge in [-0.2, -0.15) is 0 Å². The molecule has 28 heavy (non-hydrogen) atoms. The summed E-state index contributed by atoms with van der Waals surface area (Å²) in [6.45, 7) is 3.36. The average Bonchev–Trinajstić information content (AvgIpc) is 2.65. The number of carbonyl (C=O) groups is 3. The largest absolute Gasteiger partial charge is 0.466 e. The first-order chi connectivity index (χ1) is 13.3. The van der Waals surface area contributed by atoms with Crippen LogP contribution in [0.25, 0.3) is 0 Å². The summed E-state index contributed by atoms with van der Waals surface area (Å²) in [4.78, 5) is 37.9. The van der Waals surface area contributed by atoms with Crippen LogP contribution in [0, 0.1) is 5.92 Å². The second-order valence-corrected chi connectivity index (χ2v) is 6.84. The Hall–Kier alpha value is -3.03. The lowest BCUT2D eigenvalue weighted by Crippen LogP contribution is -2.49. The highest BCUT2D eigenvalue weighted by Crippen LogP contribution is 2.47. The summed E-state index contributed by atoms with van der Waals surface area (Å²) in [6, 6.07) is 4.43. The number of nitrogens with zero attached hydrogens (tertiary/aromatic N) is 1. The molecule has 0 spiro atoms. The lowest BCUT2D eigenvalue weighted by atomic mass is 9.76. The number of esters is 3. The first-order valence-electron chi connectivity index (χ1n) is 9.12. The Morgan fingerprint density at radius 3 is 2.68 bits per heavy atom. The molecule has 0 aliphatic carbocycles. The fourth-order valence-electron chi connectivity index (χ4n) is 3.95. The number of methoxy groups -OCH3 is 1. The van der Waals surface area contributed by atoms with Crippen molar-refractivity contribution in [3.8, 4) is 5.75 Å². The molecule has 1 N–H and O–H groups in total. The summed E-state index contributed by atoms with van der Waals surface area (Å²) in [5.74, 6) is -1.03. The molecule has 150 valence electrons. The van der Waals surface area contributed by atoms with Crippen LogP contribution in [0.2, 0.25) is 0 Å². The lowest BCUT2D eigenvalue weighted by molar-refractivity contribution is -0.147. The van der Waals surface area contributed by atoms with Gasteiger partial charge in [0.25, 0.3) is 0 Å². The minimum Gasteiger partial charge on any atom is -0.466 e. The van der Waals surface area contributed by atoms with Gasteiger partial charge in [0.15, 0.2) is 0 Å². The Bertz CT molecular complexity index is 834. The van der Waals surface area contributed by atoms with Gasteiger partial charge in [-0.05, 0) is 31.5 Å². The van der Waals surface area contributed by atoms with Crippen LogP contribution in [-0.4, -0.2) is 49.6 Å². The molecule has 3 rings (SSSR count). The molecule has 2 aliphatic heterocycles. The maximum atomic E-state index is 12.6. The third kappa shape index (κ3) is 3.67. The summed E-state index contributed by atoms with van der Waals surface area (Å²) in [5.41, 5.74) is 2.13. The van der Waals surface area contributed by atoms with Crippen molar-refractivity contribution in [2.45, 2.75) is 32.4 Å². The van der Waals surface area contributed by atoms with Crippen molar-refractivity contribution in [2.75, 3.05) is 26.1 Å². The second kappa shape index (κ2) is 7.92. The monoisotopic (exact) mass is 388 g/mol. The Morgan fingerprint density at radius 2 is 2.04 bits per heavy atom. The van der Waals surface area contributed by atoms with E-state index in [1.165, 1.54) is 14.0 Å². The number of benzene rings is 1. The molecule has 0 saturated heterocycles. The van der Waals surface area contributed by atoms with E-state index in [9.17, 15) is 14.4 Å². The van der Waals surface area contributed by atoms with Crippen LogP contribution >= 0.6 is 0 Å². The smallest absolute Gasteiger partial charge is 0.335 e. The van der Waals surface area contributed by atoms with Crippen LogP contribution in [0.4, 0.5) is 5.69 Å². The third-order valence-electron chi connectivity index (χ3n) is 4.99. The average molecular weight is 388 g/mol. The van der Waals surface area contributed by atoms with Crippen molar-refractivity contribution in [1.82, 2.24) is 4.90 Å². The molecule has 3 atom stereocenters. The number of fused-ring (bicyclic) bond motifs is 3. The van der Waals surface area contributed by atoms with E-state index in [-0.39, 0.29) is 24.5 Å². The van der Waals surface area contributed by atoms with Gasteiger partial charge in [-0.25, -0.2) is 9.59 Å². The summed E-state index contributed by atoms with van der Waals surface area (Å²) in [6.07, 6.45) is 2.10. The van der Waals surface area contributed by atoms with Gasteiger partial charge in [-0.3, -0.25) is 4.79 Å². The Labute approximate surface area is 163 Å². The summed E-state index contributed by atoms with van der Waals surface area (Å²) < 4.78 is 15.3. The molecular weight excluding hydrogens is 364 g/mol. The quantitative estimate of drug-likeness (QED) is 0.618. The molecule has 0 radical (unpaired) electrons. The minimum atomic E-state index is -0.618. The third-order valence-corrected chi connectivity index (χ3v) is 4.99. The van der Waals surface area contributed by atoms with Crippen molar-refractivity contribution < 1.29 is 28.6 Å². The van der Waals surface area contributed by atoms with Crippen molar-refractivity contribution >= 4 is 23.6 Å². The zero-order valence-corrected chi connectivity index (χ0v) is 16.4. The van der Waals surface area contributed by atoms with Crippen LogP contribution in [0.1, 0.15) is 31.9 Å². The van der Waals surface area contributed by atoms with Gasteiger partial charge in [0.2, 0.25) is 0 Å². The molecule has 8 nitrogen and oxygen atoms in total. The molecule has 0 saturated carbocycles.